The van der Waals surface area contributed by atoms with Crippen LogP contribution in [0.1, 0.15) is 25.7 Å². The second kappa shape index (κ2) is 2.80. The van der Waals surface area contributed by atoms with E-state index in [0.29, 0.717) is 11.5 Å². The molecule has 2 aliphatic rings. The molecule has 1 saturated heterocycles. The fourth-order valence-electron chi connectivity index (χ4n) is 2.36. The van der Waals surface area contributed by atoms with Gasteiger partial charge in [-0.15, -0.1) is 0 Å². The number of carbonyl (C=O) groups is 1. The molecule has 1 saturated carbocycles. The molecule has 1 aliphatic heterocycles. The number of sulfone groups is 1. The van der Waals surface area contributed by atoms with Crippen molar-refractivity contribution in [3.8, 4) is 0 Å². The number of rotatable bonds is 3. The van der Waals surface area contributed by atoms with Crippen molar-refractivity contribution >= 4 is 16.1 Å². The molecule has 0 aromatic carbocycles. The van der Waals surface area contributed by atoms with E-state index in [1.807, 2.05) is 0 Å². The van der Waals surface area contributed by atoms with E-state index < -0.39 is 9.84 Å². The Kier molecular flexibility index (Phi) is 1.98. The zero-order valence-corrected chi connectivity index (χ0v) is 8.35. The predicted octanol–water partition coefficient (Wildman–Crippen LogP) is 0.790. The van der Waals surface area contributed by atoms with Crippen LogP contribution in [0.15, 0.2) is 0 Å². The van der Waals surface area contributed by atoms with Gasteiger partial charge < -0.3 is 4.79 Å². The summed E-state index contributed by atoms with van der Waals surface area (Å²) in [7, 11) is -2.71. The number of carbonyl (C=O) groups excluding carboxylic acids is 1. The van der Waals surface area contributed by atoms with Gasteiger partial charge in [-0.25, -0.2) is 8.42 Å². The molecule has 0 radical (unpaired) electrons. The summed E-state index contributed by atoms with van der Waals surface area (Å²) < 4.78 is 21.8. The van der Waals surface area contributed by atoms with Gasteiger partial charge in [-0.3, -0.25) is 0 Å². The van der Waals surface area contributed by atoms with Crippen molar-refractivity contribution in [2.24, 2.45) is 11.3 Å². The van der Waals surface area contributed by atoms with Gasteiger partial charge in [0.1, 0.15) is 6.29 Å². The van der Waals surface area contributed by atoms with Crippen LogP contribution in [0.3, 0.4) is 0 Å². The lowest BCUT2D eigenvalue weighted by molar-refractivity contribution is -0.121. The zero-order chi connectivity index (χ0) is 9.53. The number of aldehydes is 1. The lowest BCUT2D eigenvalue weighted by Crippen LogP contribution is -2.43. The van der Waals surface area contributed by atoms with Crippen LogP contribution >= 0.6 is 0 Å². The molecule has 4 heteroatoms. The SMILES string of the molecule is O=CC1(CC2CS(=O)(=O)C2)CCC1. The number of hydrogen-bond donors (Lipinski definition) is 0. The minimum Gasteiger partial charge on any atom is -0.303 e. The first-order valence-electron chi connectivity index (χ1n) is 4.72. The highest BCUT2D eigenvalue weighted by atomic mass is 32.2. The van der Waals surface area contributed by atoms with Gasteiger partial charge in [-0.2, -0.15) is 0 Å². The fourth-order valence-corrected chi connectivity index (χ4v) is 3.94. The Bertz CT molecular complexity index is 302. The van der Waals surface area contributed by atoms with Crippen molar-refractivity contribution in [2.75, 3.05) is 11.5 Å². The third kappa shape index (κ3) is 1.64. The third-order valence-corrected chi connectivity index (χ3v) is 5.23. The first-order valence-corrected chi connectivity index (χ1v) is 6.54. The topological polar surface area (TPSA) is 51.2 Å². The first-order chi connectivity index (χ1) is 6.05. The molecule has 0 aromatic heterocycles. The monoisotopic (exact) mass is 202 g/mol. The van der Waals surface area contributed by atoms with Gasteiger partial charge in [-0.1, -0.05) is 6.42 Å². The van der Waals surface area contributed by atoms with E-state index in [9.17, 15) is 13.2 Å². The Morgan fingerprint density at radius 2 is 1.92 bits per heavy atom. The summed E-state index contributed by atoms with van der Waals surface area (Å²) in [5.41, 5.74) is -0.138. The molecule has 1 aliphatic carbocycles. The van der Waals surface area contributed by atoms with Gasteiger partial charge in [-0.05, 0) is 25.2 Å². The van der Waals surface area contributed by atoms with Crippen molar-refractivity contribution in [1.82, 2.24) is 0 Å². The van der Waals surface area contributed by atoms with Crippen LogP contribution in [0.4, 0.5) is 0 Å². The molecule has 2 rings (SSSR count). The normalized spacial score (nSPS) is 30.2. The Labute approximate surface area is 78.4 Å². The Morgan fingerprint density at radius 1 is 1.31 bits per heavy atom. The van der Waals surface area contributed by atoms with Gasteiger partial charge >= 0.3 is 0 Å². The molecule has 0 spiro atoms. The quantitative estimate of drug-likeness (QED) is 0.636. The van der Waals surface area contributed by atoms with Gasteiger partial charge in [0.25, 0.3) is 0 Å². The van der Waals surface area contributed by atoms with E-state index in [1.165, 1.54) is 0 Å². The summed E-state index contributed by atoms with van der Waals surface area (Å²) in [5.74, 6) is 0.876. The van der Waals surface area contributed by atoms with Crippen molar-refractivity contribution in [3.05, 3.63) is 0 Å². The maximum absolute atomic E-state index is 10.9. The summed E-state index contributed by atoms with van der Waals surface area (Å²) in [6.07, 6.45) is 4.90. The minimum absolute atomic E-state index is 0.138. The second-order valence-corrected chi connectivity index (χ2v) is 6.63. The van der Waals surface area contributed by atoms with E-state index in [0.717, 1.165) is 32.0 Å². The highest BCUT2D eigenvalue weighted by molar-refractivity contribution is 7.92. The highest BCUT2D eigenvalue weighted by Gasteiger charge is 2.43. The van der Waals surface area contributed by atoms with E-state index in [2.05, 4.69) is 0 Å². The van der Waals surface area contributed by atoms with Gasteiger partial charge in [0.05, 0.1) is 11.5 Å². The molecule has 0 atom stereocenters. The molecule has 0 bridgehead atoms. The average molecular weight is 202 g/mol. The Morgan fingerprint density at radius 3 is 2.23 bits per heavy atom. The summed E-state index contributed by atoms with van der Waals surface area (Å²) in [6.45, 7) is 0. The lowest BCUT2D eigenvalue weighted by Gasteiger charge is -2.41. The van der Waals surface area contributed by atoms with Crippen molar-refractivity contribution < 1.29 is 13.2 Å². The molecule has 0 unspecified atom stereocenters. The molecule has 1 heterocycles. The third-order valence-electron chi connectivity index (χ3n) is 3.27. The van der Waals surface area contributed by atoms with Crippen LogP contribution in [0, 0.1) is 11.3 Å². The fraction of sp³-hybridized carbons (Fsp3) is 0.889. The number of hydrogen-bond acceptors (Lipinski definition) is 3. The summed E-state index contributed by atoms with van der Waals surface area (Å²) >= 11 is 0. The maximum Gasteiger partial charge on any atom is 0.150 e. The molecular formula is C9H14O3S. The van der Waals surface area contributed by atoms with Crippen molar-refractivity contribution in [1.29, 1.82) is 0 Å². The molecule has 0 N–H and O–H groups in total. The second-order valence-electron chi connectivity index (χ2n) is 4.48. The molecular weight excluding hydrogens is 188 g/mol. The molecule has 0 amide bonds. The average Bonchev–Trinajstić information content (AvgIpc) is 1.92. The summed E-state index contributed by atoms with van der Waals surface area (Å²) in [4.78, 5) is 10.8. The van der Waals surface area contributed by atoms with Crippen LogP contribution in [-0.2, 0) is 14.6 Å². The minimum atomic E-state index is -2.71. The molecule has 3 nitrogen and oxygen atoms in total. The van der Waals surface area contributed by atoms with Gasteiger partial charge in [0.15, 0.2) is 9.84 Å². The smallest absolute Gasteiger partial charge is 0.150 e. The molecule has 0 aromatic rings. The predicted molar refractivity (Wildman–Crippen MR) is 49.1 cm³/mol. The van der Waals surface area contributed by atoms with E-state index >= 15 is 0 Å². The van der Waals surface area contributed by atoms with Crippen LogP contribution in [0.2, 0.25) is 0 Å². The molecule has 13 heavy (non-hydrogen) atoms. The largest absolute Gasteiger partial charge is 0.303 e. The van der Waals surface area contributed by atoms with Gasteiger partial charge in [0.2, 0.25) is 0 Å². The van der Waals surface area contributed by atoms with E-state index in [4.69, 9.17) is 0 Å². The van der Waals surface area contributed by atoms with E-state index in [-0.39, 0.29) is 11.3 Å². The van der Waals surface area contributed by atoms with Crippen LogP contribution in [0.5, 0.6) is 0 Å². The van der Waals surface area contributed by atoms with Crippen LogP contribution in [0.25, 0.3) is 0 Å². The summed E-state index contributed by atoms with van der Waals surface area (Å²) in [6, 6.07) is 0. The maximum atomic E-state index is 10.9. The molecule has 2 fully saturated rings. The Hall–Kier alpha value is -0.380. The van der Waals surface area contributed by atoms with Crippen LogP contribution < -0.4 is 0 Å². The van der Waals surface area contributed by atoms with Crippen molar-refractivity contribution in [3.63, 3.8) is 0 Å². The standard InChI is InChI=1S/C9H14O3S/c10-7-9(2-1-3-9)4-8-5-13(11,12)6-8/h7-8H,1-6H2. The van der Waals surface area contributed by atoms with Gasteiger partial charge in [0, 0.05) is 5.41 Å². The zero-order valence-electron chi connectivity index (χ0n) is 7.53. The van der Waals surface area contributed by atoms with E-state index in [1.54, 1.807) is 0 Å². The Balaban J connectivity index is 1.89. The molecule has 74 valence electrons. The first kappa shape index (κ1) is 9.19. The van der Waals surface area contributed by atoms with Crippen molar-refractivity contribution in [2.45, 2.75) is 25.7 Å². The van der Waals surface area contributed by atoms with Crippen LogP contribution in [-0.4, -0.2) is 26.2 Å². The highest BCUT2D eigenvalue weighted by Crippen LogP contribution is 2.45. The summed E-state index contributed by atoms with van der Waals surface area (Å²) in [5, 5.41) is 0. The lowest BCUT2D eigenvalue weighted by atomic mass is 9.65.